The Morgan fingerprint density at radius 3 is 2.41 bits per heavy atom. The molecule has 0 saturated heterocycles. The van der Waals surface area contributed by atoms with Gasteiger partial charge < -0.3 is 10.2 Å². The maximum atomic E-state index is 13.0. The molecular weight excluding hydrogens is 441 g/mol. The van der Waals surface area contributed by atoms with Crippen LogP contribution in [0.1, 0.15) is 49.5 Å². The van der Waals surface area contributed by atoms with E-state index >= 15 is 0 Å². The topological polar surface area (TPSA) is 61.0 Å². The lowest BCUT2D eigenvalue weighted by molar-refractivity contribution is -0.137. The molecule has 1 unspecified atom stereocenters. The Kier molecular flexibility index (Phi) is 8.50. The molecule has 0 radical (unpaired) electrons. The minimum Gasteiger partial charge on any atom is -0.350 e. The summed E-state index contributed by atoms with van der Waals surface area (Å²) in [5, 5.41) is 10.1. The van der Waals surface area contributed by atoms with Crippen LogP contribution in [0.5, 0.6) is 0 Å². The van der Waals surface area contributed by atoms with Crippen molar-refractivity contribution < 1.29 is 18.0 Å². The highest BCUT2D eigenvalue weighted by Crippen LogP contribution is 2.32. The number of benzene rings is 2. The van der Waals surface area contributed by atoms with Gasteiger partial charge in [-0.1, -0.05) is 38.1 Å². The third-order valence-corrected chi connectivity index (χ3v) is 5.91. The van der Waals surface area contributed by atoms with Gasteiger partial charge in [-0.2, -0.15) is 18.3 Å². The summed E-state index contributed by atoms with van der Waals surface area (Å²) >= 11 is 0. The molecule has 0 fully saturated rings. The first kappa shape index (κ1) is 25.5. The van der Waals surface area contributed by atoms with E-state index in [1.807, 2.05) is 6.92 Å². The summed E-state index contributed by atoms with van der Waals surface area (Å²) in [7, 11) is 0. The zero-order valence-electron chi connectivity index (χ0n) is 19.7. The molecule has 0 aliphatic carbocycles. The van der Waals surface area contributed by atoms with Crippen LogP contribution in [0.4, 0.5) is 13.2 Å². The number of hydrogen-bond acceptors (Lipinski definition) is 3. The number of nitrogens with one attached hydrogen (secondary N) is 2. The van der Waals surface area contributed by atoms with E-state index in [2.05, 4.69) is 34.3 Å². The van der Waals surface area contributed by atoms with Gasteiger partial charge in [0.1, 0.15) is 0 Å². The molecule has 2 aromatic carbocycles. The van der Waals surface area contributed by atoms with Crippen LogP contribution in [0.2, 0.25) is 0 Å². The quantitative estimate of drug-likeness (QED) is 0.380. The number of aromatic amines is 1. The van der Waals surface area contributed by atoms with Gasteiger partial charge in [-0.3, -0.25) is 9.89 Å². The van der Waals surface area contributed by atoms with Crippen LogP contribution in [-0.4, -0.2) is 46.7 Å². The maximum absolute atomic E-state index is 13.0. The Hall–Kier alpha value is -3.13. The standard InChI is InChI=1S/C26H31F3N4O/c1-4-33(5-2)15-7-8-18(3)30-25(34)20-13-11-19(12-14-20)23-17-24(32-31-23)21-9-6-10-22(16-21)26(27,28)29/h6,9-14,16-18H,4-5,7-8,15H2,1-3H3,(H,30,34)(H,31,32). The lowest BCUT2D eigenvalue weighted by Crippen LogP contribution is -2.33. The predicted octanol–water partition coefficient (Wildman–Crippen LogP) is 6.00. The number of amides is 1. The highest BCUT2D eigenvalue weighted by atomic mass is 19.4. The minimum absolute atomic E-state index is 0.0744. The van der Waals surface area contributed by atoms with Crippen molar-refractivity contribution in [1.29, 1.82) is 0 Å². The molecule has 1 amide bonds. The Morgan fingerprint density at radius 1 is 1.06 bits per heavy atom. The van der Waals surface area contributed by atoms with Gasteiger partial charge in [0.15, 0.2) is 0 Å². The van der Waals surface area contributed by atoms with Gasteiger partial charge in [-0.05, 0) is 75.3 Å². The van der Waals surface area contributed by atoms with E-state index in [9.17, 15) is 18.0 Å². The molecule has 5 nitrogen and oxygen atoms in total. The first-order valence-electron chi connectivity index (χ1n) is 11.6. The van der Waals surface area contributed by atoms with E-state index < -0.39 is 11.7 Å². The van der Waals surface area contributed by atoms with E-state index in [0.717, 1.165) is 50.2 Å². The van der Waals surface area contributed by atoms with Crippen LogP contribution in [0.15, 0.2) is 54.6 Å². The van der Waals surface area contributed by atoms with Crippen molar-refractivity contribution in [3.8, 4) is 22.5 Å². The van der Waals surface area contributed by atoms with Gasteiger partial charge >= 0.3 is 6.18 Å². The zero-order valence-corrected chi connectivity index (χ0v) is 19.7. The lowest BCUT2D eigenvalue weighted by atomic mass is 10.1. The number of H-pyrrole nitrogens is 1. The Bertz CT molecular complexity index is 1070. The van der Waals surface area contributed by atoms with Crippen molar-refractivity contribution in [3.63, 3.8) is 0 Å². The van der Waals surface area contributed by atoms with Crippen molar-refractivity contribution in [2.24, 2.45) is 0 Å². The van der Waals surface area contributed by atoms with Gasteiger partial charge in [0, 0.05) is 17.2 Å². The molecule has 0 aliphatic heterocycles. The Balaban J connectivity index is 1.61. The molecule has 0 aliphatic rings. The van der Waals surface area contributed by atoms with Gasteiger partial charge in [0.2, 0.25) is 0 Å². The predicted molar refractivity (Wildman–Crippen MR) is 128 cm³/mol. The van der Waals surface area contributed by atoms with Crippen molar-refractivity contribution in [1.82, 2.24) is 20.4 Å². The molecular formula is C26H31F3N4O. The molecule has 3 rings (SSSR count). The summed E-state index contributed by atoms with van der Waals surface area (Å²) in [6.45, 7) is 9.38. The average molecular weight is 473 g/mol. The molecule has 8 heteroatoms. The molecule has 3 aromatic rings. The van der Waals surface area contributed by atoms with Crippen molar-refractivity contribution in [2.75, 3.05) is 19.6 Å². The summed E-state index contributed by atoms with van der Waals surface area (Å²) in [4.78, 5) is 14.9. The number of alkyl halides is 3. The Morgan fingerprint density at radius 2 is 1.76 bits per heavy atom. The summed E-state index contributed by atoms with van der Waals surface area (Å²) in [6.07, 6.45) is -2.47. The van der Waals surface area contributed by atoms with Crippen LogP contribution >= 0.6 is 0 Å². The normalized spacial score (nSPS) is 12.7. The molecule has 1 atom stereocenters. The van der Waals surface area contributed by atoms with Crippen LogP contribution < -0.4 is 5.32 Å². The highest BCUT2D eigenvalue weighted by molar-refractivity contribution is 5.94. The summed E-state index contributed by atoms with van der Waals surface area (Å²) in [5.41, 5.74) is 2.08. The minimum atomic E-state index is -4.41. The second-order valence-electron chi connectivity index (χ2n) is 8.37. The fourth-order valence-corrected chi connectivity index (χ4v) is 3.81. The lowest BCUT2D eigenvalue weighted by Gasteiger charge is -2.19. The molecule has 182 valence electrons. The summed E-state index contributed by atoms with van der Waals surface area (Å²) in [5.74, 6) is -0.129. The maximum Gasteiger partial charge on any atom is 0.416 e. The van der Waals surface area contributed by atoms with Crippen molar-refractivity contribution in [3.05, 3.63) is 65.7 Å². The number of rotatable bonds is 10. The largest absolute Gasteiger partial charge is 0.416 e. The number of carbonyl (C=O) groups is 1. The van der Waals surface area contributed by atoms with E-state index in [4.69, 9.17) is 0 Å². The molecule has 0 bridgehead atoms. The average Bonchev–Trinajstić information content (AvgIpc) is 3.32. The Labute approximate surface area is 198 Å². The molecule has 1 aromatic heterocycles. The fourth-order valence-electron chi connectivity index (χ4n) is 3.81. The number of halogens is 3. The molecule has 0 spiro atoms. The summed E-state index contributed by atoms with van der Waals surface area (Å²) in [6, 6.07) is 13.9. The second-order valence-corrected chi connectivity index (χ2v) is 8.37. The van der Waals surface area contributed by atoms with Gasteiger partial charge in [-0.25, -0.2) is 0 Å². The summed E-state index contributed by atoms with van der Waals surface area (Å²) < 4.78 is 39.0. The highest BCUT2D eigenvalue weighted by Gasteiger charge is 2.30. The number of aromatic nitrogens is 2. The first-order chi connectivity index (χ1) is 16.2. The van der Waals surface area contributed by atoms with Gasteiger partial charge in [-0.15, -0.1) is 0 Å². The van der Waals surface area contributed by atoms with Crippen LogP contribution in [0, 0.1) is 0 Å². The molecule has 34 heavy (non-hydrogen) atoms. The van der Waals surface area contributed by atoms with E-state index in [1.165, 1.54) is 6.07 Å². The third kappa shape index (κ3) is 6.70. The third-order valence-electron chi connectivity index (χ3n) is 5.91. The van der Waals surface area contributed by atoms with Gasteiger partial charge in [0.25, 0.3) is 5.91 Å². The zero-order chi connectivity index (χ0) is 24.7. The van der Waals surface area contributed by atoms with Crippen molar-refractivity contribution in [2.45, 2.75) is 45.8 Å². The number of carbonyl (C=O) groups excluding carboxylic acids is 1. The SMILES string of the molecule is CCN(CC)CCCC(C)NC(=O)c1ccc(-c2cc(-c3cccc(C(F)(F)F)c3)n[nH]2)cc1. The first-order valence-corrected chi connectivity index (χ1v) is 11.6. The molecule has 1 heterocycles. The van der Waals surface area contributed by atoms with Crippen LogP contribution in [-0.2, 0) is 6.18 Å². The van der Waals surface area contributed by atoms with Crippen molar-refractivity contribution >= 4 is 5.91 Å². The smallest absolute Gasteiger partial charge is 0.350 e. The second kappa shape index (κ2) is 11.3. The number of nitrogens with zero attached hydrogens (tertiary/aromatic N) is 2. The fraction of sp³-hybridized carbons (Fsp3) is 0.385. The monoisotopic (exact) mass is 472 g/mol. The van der Waals surface area contributed by atoms with E-state index in [0.29, 0.717) is 22.5 Å². The van der Waals surface area contributed by atoms with E-state index in [-0.39, 0.29) is 11.9 Å². The number of hydrogen-bond donors (Lipinski definition) is 2. The van der Waals surface area contributed by atoms with Crippen LogP contribution in [0.25, 0.3) is 22.5 Å². The van der Waals surface area contributed by atoms with Gasteiger partial charge in [0.05, 0.1) is 17.0 Å². The molecule has 0 saturated carbocycles. The molecule has 2 N–H and O–H groups in total. The van der Waals surface area contributed by atoms with Crippen LogP contribution in [0.3, 0.4) is 0 Å². The van der Waals surface area contributed by atoms with E-state index in [1.54, 1.807) is 36.4 Å².